The Morgan fingerprint density at radius 1 is 1.39 bits per heavy atom. The van der Waals surface area contributed by atoms with Crippen molar-refractivity contribution in [3.63, 3.8) is 0 Å². The smallest absolute Gasteiger partial charge is 0.354 e. The van der Waals surface area contributed by atoms with Crippen molar-refractivity contribution in [3.05, 3.63) is 0 Å². The summed E-state index contributed by atoms with van der Waals surface area (Å²) in [4.78, 5) is 11.2. The SMILES string of the molecule is C[C@@H](N)C(=O)NCC1CCCCC1C(F)(F)F.Cl. The van der Waals surface area contributed by atoms with Gasteiger partial charge in [-0.25, -0.2) is 0 Å². The first-order valence-corrected chi connectivity index (χ1v) is 5.92. The van der Waals surface area contributed by atoms with Crippen LogP contribution in [0.4, 0.5) is 13.2 Å². The molecule has 18 heavy (non-hydrogen) atoms. The Balaban J connectivity index is 0.00000289. The van der Waals surface area contributed by atoms with Gasteiger partial charge in [0.05, 0.1) is 12.0 Å². The molecule has 0 aliphatic heterocycles. The molecular formula is C11H20ClF3N2O. The normalized spacial score (nSPS) is 26.1. The number of carbonyl (C=O) groups excluding carboxylic acids is 1. The number of rotatable bonds is 3. The molecule has 3 nitrogen and oxygen atoms in total. The first-order chi connectivity index (χ1) is 7.82. The number of nitrogens with two attached hydrogens (primary N) is 1. The number of nitrogens with one attached hydrogen (secondary N) is 1. The van der Waals surface area contributed by atoms with Gasteiger partial charge in [-0.3, -0.25) is 4.79 Å². The van der Waals surface area contributed by atoms with Gasteiger partial charge in [-0.2, -0.15) is 13.2 Å². The third-order valence-corrected chi connectivity index (χ3v) is 3.28. The first-order valence-electron chi connectivity index (χ1n) is 5.92. The molecule has 1 aliphatic rings. The highest BCUT2D eigenvalue weighted by Crippen LogP contribution is 2.41. The van der Waals surface area contributed by atoms with Crippen molar-refractivity contribution in [2.75, 3.05) is 6.54 Å². The van der Waals surface area contributed by atoms with Gasteiger partial charge in [0.1, 0.15) is 0 Å². The number of halogens is 4. The average molecular weight is 289 g/mol. The molecule has 3 N–H and O–H groups in total. The Morgan fingerprint density at radius 2 is 1.94 bits per heavy atom. The van der Waals surface area contributed by atoms with Gasteiger partial charge in [0, 0.05) is 6.54 Å². The van der Waals surface area contributed by atoms with Crippen molar-refractivity contribution < 1.29 is 18.0 Å². The van der Waals surface area contributed by atoms with Crippen LogP contribution in [0.5, 0.6) is 0 Å². The van der Waals surface area contributed by atoms with Crippen LogP contribution in [-0.4, -0.2) is 24.7 Å². The van der Waals surface area contributed by atoms with Gasteiger partial charge in [0.25, 0.3) is 0 Å². The monoisotopic (exact) mass is 288 g/mol. The summed E-state index contributed by atoms with van der Waals surface area (Å²) in [5.74, 6) is -2.19. The fourth-order valence-corrected chi connectivity index (χ4v) is 2.28. The average Bonchev–Trinajstić information content (AvgIpc) is 2.24. The maximum atomic E-state index is 12.7. The van der Waals surface area contributed by atoms with E-state index in [2.05, 4.69) is 5.32 Å². The molecule has 108 valence electrons. The predicted molar refractivity (Wildman–Crippen MR) is 65.4 cm³/mol. The lowest BCUT2D eigenvalue weighted by molar-refractivity contribution is -0.195. The van der Waals surface area contributed by atoms with Crippen LogP contribution in [0.15, 0.2) is 0 Å². The molecule has 2 unspecified atom stereocenters. The summed E-state index contributed by atoms with van der Waals surface area (Å²) in [5, 5.41) is 2.49. The van der Waals surface area contributed by atoms with Crippen LogP contribution in [0, 0.1) is 11.8 Å². The molecular weight excluding hydrogens is 269 g/mol. The van der Waals surface area contributed by atoms with Crippen molar-refractivity contribution >= 4 is 18.3 Å². The molecule has 0 radical (unpaired) electrons. The molecule has 0 aromatic heterocycles. The van der Waals surface area contributed by atoms with Crippen LogP contribution < -0.4 is 11.1 Å². The zero-order valence-electron chi connectivity index (χ0n) is 10.3. The second-order valence-electron chi connectivity index (χ2n) is 4.73. The summed E-state index contributed by atoms with van der Waals surface area (Å²) in [5.41, 5.74) is 5.34. The predicted octanol–water partition coefficient (Wildman–Crippen LogP) is 2.24. The largest absolute Gasteiger partial charge is 0.392 e. The van der Waals surface area contributed by atoms with E-state index >= 15 is 0 Å². The van der Waals surface area contributed by atoms with Crippen LogP contribution in [0.2, 0.25) is 0 Å². The van der Waals surface area contributed by atoms with E-state index < -0.39 is 30.0 Å². The first kappa shape index (κ1) is 17.5. The molecule has 3 atom stereocenters. The van der Waals surface area contributed by atoms with Gasteiger partial charge in [-0.1, -0.05) is 12.8 Å². The highest BCUT2D eigenvalue weighted by Gasteiger charge is 2.45. The fraction of sp³-hybridized carbons (Fsp3) is 0.909. The number of alkyl halides is 3. The molecule has 1 rings (SSSR count). The Hall–Kier alpha value is -0.490. The molecule has 0 aromatic carbocycles. The van der Waals surface area contributed by atoms with Crippen molar-refractivity contribution in [1.82, 2.24) is 5.32 Å². The summed E-state index contributed by atoms with van der Waals surface area (Å²) in [7, 11) is 0. The van der Waals surface area contributed by atoms with Gasteiger partial charge in [0.15, 0.2) is 0 Å². The van der Waals surface area contributed by atoms with Crippen LogP contribution in [0.1, 0.15) is 32.6 Å². The van der Waals surface area contributed by atoms with E-state index in [0.29, 0.717) is 12.8 Å². The molecule has 0 bridgehead atoms. The Morgan fingerprint density at radius 3 is 2.44 bits per heavy atom. The summed E-state index contributed by atoms with van der Waals surface area (Å²) < 4.78 is 38.2. The molecule has 1 fully saturated rings. The molecule has 1 aliphatic carbocycles. The molecule has 1 amide bonds. The quantitative estimate of drug-likeness (QED) is 0.837. The van der Waals surface area contributed by atoms with E-state index in [1.54, 1.807) is 0 Å². The summed E-state index contributed by atoms with van der Waals surface area (Å²) in [6.45, 7) is 1.59. The third-order valence-electron chi connectivity index (χ3n) is 3.28. The molecule has 0 spiro atoms. The van der Waals surface area contributed by atoms with Crippen molar-refractivity contribution in [3.8, 4) is 0 Å². The fourth-order valence-electron chi connectivity index (χ4n) is 2.28. The van der Waals surface area contributed by atoms with E-state index in [4.69, 9.17) is 5.73 Å². The van der Waals surface area contributed by atoms with Gasteiger partial charge in [-0.15, -0.1) is 12.4 Å². The van der Waals surface area contributed by atoms with E-state index in [1.807, 2.05) is 0 Å². The van der Waals surface area contributed by atoms with Gasteiger partial charge in [0.2, 0.25) is 5.91 Å². The van der Waals surface area contributed by atoms with E-state index in [9.17, 15) is 18.0 Å². The summed E-state index contributed by atoms with van der Waals surface area (Å²) >= 11 is 0. The maximum Gasteiger partial charge on any atom is 0.392 e. The molecule has 0 saturated heterocycles. The number of carbonyl (C=O) groups is 1. The lowest BCUT2D eigenvalue weighted by Crippen LogP contribution is -2.44. The standard InChI is InChI=1S/C11H19F3N2O.ClH/c1-7(15)10(17)16-6-8-4-2-3-5-9(8)11(12,13)14;/h7-9H,2-6,15H2,1H3,(H,16,17);1H/t7-,8?,9?;/m1./s1. The minimum absolute atomic E-state index is 0. The minimum atomic E-state index is -4.16. The Labute approximate surface area is 111 Å². The third kappa shape index (κ3) is 5.02. The second-order valence-corrected chi connectivity index (χ2v) is 4.73. The second kappa shape index (κ2) is 7.19. The number of amides is 1. The van der Waals surface area contributed by atoms with Crippen molar-refractivity contribution in [2.45, 2.75) is 44.8 Å². The maximum absolute atomic E-state index is 12.7. The zero-order chi connectivity index (χ0) is 13.1. The van der Waals surface area contributed by atoms with Gasteiger partial charge in [-0.05, 0) is 25.7 Å². The Kier molecular flexibility index (Phi) is 6.99. The van der Waals surface area contributed by atoms with E-state index in [-0.39, 0.29) is 25.4 Å². The molecule has 7 heteroatoms. The molecule has 1 saturated carbocycles. The Bertz CT molecular complexity index is 272. The van der Waals surface area contributed by atoms with Gasteiger partial charge < -0.3 is 11.1 Å². The minimum Gasteiger partial charge on any atom is -0.354 e. The van der Waals surface area contributed by atoms with Crippen molar-refractivity contribution in [2.24, 2.45) is 17.6 Å². The lowest BCUT2D eigenvalue weighted by Gasteiger charge is -2.33. The topological polar surface area (TPSA) is 55.1 Å². The van der Waals surface area contributed by atoms with Crippen molar-refractivity contribution in [1.29, 1.82) is 0 Å². The number of hydrogen-bond donors (Lipinski definition) is 2. The highest BCUT2D eigenvalue weighted by molar-refractivity contribution is 5.85. The van der Waals surface area contributed by atoms with Crippen LogP contribution >= 0.6 is 12.4 Å². The molecule has 0 aromatic rings. The highest BCUT2D eigenvalue weighted by atomic mass is 35.5. The lowest BCUT2D eigenvalue weighted by atomic mass is 9.78. The van der Waals surface area contributed by atoms with Crippen LogP contribution in [0.3, 0.4) is 0 Å². The van der Waals surface area contributed by atoms with E-state index in [1.165, 1.54) is 6.92 Å². The summed E-state index contributed by atoms with van der Waals surface area (Å²) in [6.07, 6.45) is -2.07. The summed E-state index contributed by atoms with van der Waals surface area (Å²) in [6, 6.07) is -0.678. The number of hydrogen-bond acceptors (Lipinski definition) is 2. The molecule has 0 heterocycles. The van der Waals surface area contributed by atoms with Crippen LogP contribution in [0.25, 0.3) is 0 Å². The van der Waals surface area contributed by atoms with E-state index in [0.717, 1.165) is 6.42 Å². The van der Waals surface area contributed by atoms with Crippen LogP contribution in [-0.2, 0) is 4.79 Å². The van der Waals surface area contributed by atoms with Gasteiger partial charge >= 0.3 is 6.18 Å². The zero-order valence-corrected chi connectivity index (χ0v) is 11.1.